The number of methoxy groups -OCH3 is 1. The summed E-state index contributed by atoms with van der Waals surface area (Å²) in [6, 6.07) is 0.549. The molecule has 1 unspecified atom stereocenters. The molecule has 0 spiro atoms. The molecule has 1 fully saturated rings. The Kier molecular flexibility index (Phi) is 8.03. The van der Waals surface area contributed by atoms with Gasteiger partial charge in [0.15, 0.2) is 0 Å². The third kappa shape index (κ3) is 6.08. The molecule has 1 aliphatic rings. The van der Waals surface area contributed by atoms with Crippen molar-refractivity contribution in [2.75, 3.05) is 53.1 Å². The molecule has 120 valence electrons. The molecule has 20 heavy (non-hydrogen) atoms. The summed E-state index contributed by atoms with van der Waals surface area (Å²) >= 11 is 0. The molecule has 0 radical (unpaired) electrons. The normalized spacial score (nSPS) is 23.4. The summed E-state index contributed by atoms with van der Waals surface area (Å²) in [7, 11) is 1.77. The van der Waals surface area contributed by atoms with Crippen molar-refractivity contribution in [3.63, 3.8) is 0 Å². The minimum Gasteiger partial charge on any atom is -0.383 e. The first-order valence-electron chi connectivity index (χ1n) is 8.00. The van der Waals surface area contributed by atoms with Gasteiger partial charge in [-0.05, 0) is 32.7 Å². The molecular formula is C16H34N2O2. The summed E-state index contributed by atoms with van der Waals surface area (Å²) in [6.07, 6.45) is 1.16. The van der Waals surface area contributed by atoms with Crippen LogP contribution in [0, 0.1) is 11.3 Å². The number of nitrogens with one attached hydrogen (secondary N) is 1. The number of hydrogen-bond acceptors (Lipinski definition) is 4. The predicted molar refractivity (Wildman–Crippen MR) is 84.2 cm³/mol. The van der Waals surface area contributed by atoms with Crippen LogP contribution in [0.4, 0.5) is 0 Å². The largest absolute Gasteiger partial charge is 0.383 e. The van der Waals surface area contributed by atoms with E-state index in [-0.39, 0.29) is 5.41 Å². The van der Waals surface area contributed by atoms with Gasteiger partial charge in [-0.15, -0.1) is 0 Å². The Bertz CT molecular complexity index is 251. The van der Waals surface area contributed by atoms with Gasteiger partial charge in [0.1, 0.15) is 0 Å². The Labute approximate surface area is 125 Å². The molecule has 4 heteroatoms. The number of nitrogens with zero attached hydrogens (tertiary/aromatic N) is 1. The van der Waals surface area contributed by atoms with Crippen LogP contribution in [-0.2, 0) is 9.47 Å². The molecule has 1 heterocycles. The van der Waals surface area contributed by atoms with Gasteiger partial charge in [-0.2, -0.15) is 0 Å². The van der Waals surface area contributed by atoms with Gasteiger partial charge < -0.3 is 14.8 Å². The lowest BCUT2D eigenvalue weighted by Gasteiger charge is -2.37. The van der Waals surface area contributed by atoms with E-state index in [9.17, 15) is 0 Å². The van der Waals surface area contributed by atoms with Gasteiger partial charge in [-0.3, -0.25) is 4.90 Å². The van der Waals surface area contributed by atoms with Gasteiger partial charge in [0, 0.05) is 44.8 Å². The van der Waals surface area contributed by atoms with Gasteiger partial charge in [0.2, 0.25) is 0 Å². The van der Waals surface area contributed by atoms with Crippen molar-refractivity contribution in [3.05, 3.63) is 0 Å². The van der Waals surface area contributed by atoms with E-state index in [0.29, 0.717) is 12.0 Å². The Morgan fingerprint density at radius 3 is 2.55 bits per heavy atom. The van der Waals surface area contributed by atoms with Crippen LogP contribution in [0.3, 0.4) is 0 Å². The monoisotopic (exact) mass is 286 g/mol. The van der Waals surface area contributed by atoms with E-state index in [0.717, 1.165) is 52.4 Å². The summed E-state index contributed by atoms with van der Waals surface area (Å²) in [5.41, 5.74) is 0.271. The maximum absolute atomic E-state index is 5.71. The molecule has 1 atom stereocenters. The summed E-state index contributed by atoms with van der Waals surface area (Å²) in [4.78, 5) is 2.52. The fourth-order valence-electron chi connectivity index (χ4n) is 2.75. The van der Waals surface area contributed by atoms with Crippen LogP contribution in [0.2, 0.25) is 0 Å². The lowest BCUT2D eigenvalue weighted by Crippen LogP contribution is -2.48. The van der Waals surface area contributed by atoms with Gasteiger partial charge in [-0.1, -0.05) is 13.8 Å². The molecule has 0 bridgehead atoms. The standard InChI is InChI=1S/C16H34N2O2/c1-14(2)10-17-11-16(6-8-20-13-16)12-18(15(3)4)7-9-19-5/h14-15,17H,6-13H2,1-5H3. The molecule has 0 aromatic heterocycles. The molecule has 0 aromatic rings. The van der Waals surface area contributed by atoms with E-state index in [4.69, 9.17) is 9.47 Å². The topological polar surface area (TPSA) is 33.7 Å². The Hall–Kier alpha value is -0.160. The number of hydrogen-bond donors (Lipinski definition) is 1. The third-order valence-electron chi connectivity index (χ3n) is 4.09. The highest BCUT2D eigenvalue weighted by atomic mass is 16.5. The van der Waals surface area contributed by atoms with Crippen LogP contribution >= 0.6 is 0 Å². The smallest absolute Gasteiger partial charge is 0.0589 e. The van der Waals surface area contributed by atoms with Gasteiger partial charge in [-0.25, -0.2) is 0 Å². The van der Waals surface area contributed by atoms with E-state index in [2.05, 4.69) is 37.9 Å². The molecule has 0 saturated carbocycles. The average Bonchev–Trinajstić information content (AvgIpc) is 2.82. The van der Waals surface area contributed by atoms with Gasteiger partial charge in [0.25, 0.3) is 0 Å². The van der Waals surface area contributed by atoms with Crippen molar-refractivity contribution in [1.82, 2.24) is 10.2 Å². The van der Waals surface area contributed by atoms with Crippen molar-refractivity contribution in [3.8, 4) is 0 Å². The molecular weight excluding hydrogens is 252 g/mol. The van der Waals surface area contributed by atoms with Gasteiger partial charge >= 0.3 is 0 Å². The second-order valence-corrected chi connectivity index (χ2v) is 6.88. The van der Waals surface area contributed by atoms with Crippen LogP contribution in [-0.4, -0.2) is 64.1 Å². The minimum atomic E-state index is 0.271. The average molecular weight is 286 g/mol. The highest BCUT2D eigenvalue weighted by Gasteiger charge is 2.36. The summed E-state index contributed by atoms with van der Waals surface area (Å²) < 4.78 is 10.9. The lowest BCUT2D eigenvalue weighted by atomic mass is 9.86. The molecule has 1 aliphatic heterocycles. The number of rotatable bonds is 10. The lowest BCUT2D eigenvalue weighted by molar-refractivity contribution is 0.0704. The molecule has 1 N–H and O–H groups in total. The minimum absolute atomic E-state index is 0.271. The zero-order chi connectivity index (χ0) is 15.0. The van der Waals surface area contributed by atoms with E-state index < -0.39 is 0 Å². The maximum atomic E-state index is 5.71. The Morgan fingerprint density at radius 1 is 1.30 bits per heavy atom. The van der Waals surface area contributed by atoms with Crippen LogP contribution in [0.5, 0.6) is 0 Å². The molecule has 1 rings (SSSR count). The van der Waals surface area contributed by atoms with Crippen molar-refractivity contribution < 1.29 is 9.47 Å². The molecule has 0 amide bonds. The molecule has 4 nitrogen and oxygen atoms in total. The van der Waals surface area contributed by atoms with Crippen molar-refractivity contribution in [1.29, 1.82) is 0 Å². The maximum Gasteiger partial charge on any atom is 0.0589 e. The second kappa shape index (κ2) is 8.98. The zero-order valence-electron chi connectivity index (χ0n) is 14.1. The van der Waals surface area contributed by atoms with Crippen LogP contribution < -0.4 is 5.32 Å². The Morgan fingerprint density at radius 2 is 2.05 bits per heavy atom. The zero-order valence-corrected chi connectivity index (χ0v) is 14.1. The van der Waals surface area contributed by atoms with Crippen molar-refractivity contribution >= 4 is 0 Å². The van der Waals surface area contributed by atoms with Crippen LogP contribution in [0.25, 0.3) is 0 Å². The predicted octanol–water partition coefficient (Wildman–Crippen LogP) is 2.00. The fraction of sp³-hybridized carbons (Fsp3) is 1.00. The molecule has 0 aromatic carbocycles. The molecule has 0 aliphatic carbocycles. The van der Waals surface area contributed by atoms with E-state index >= 15 is 0 Å². The Balaban J connectivity index is 2.54. The van der Waals surface area contributed by atoms with E-state index in [1.807, 2.05) is 0 Å². The summed E-state index contributed by atoms with van der Waals surface area (Å²) in [5, 5.41) is 3.63. The molecule has 1 saturated heterocycles. The fourth-order valence-corrected chi connectivity index (χ4v) is 2.75. The van der Waals surface area contributed by atoms with Crippen LogP contribution in [0.15, 0.2) is 0 Å². The first-order valence-corrected chi connectivity index (χ1v) is 8.00. The second-order valence-electron chi connectivity index (χ2n) is 6.88. The van der Waals surface area contributed by atoms with E-state index in [1.165, 1.54) is 0 Å². The summed E-state index contributed by atoms with van der Waals surface area (Å²) in [6.45, 7) is 15.9. The number of ether oxygens (including phenoxy) is 2. The van der Waals surface area contributed by atoms with Gasteiger partial charge in [0.05, 0.1) is 13.2 Å². The van der Waals surface area contributed by atoms with Crippen LogP contribution in [0.1, 0.15) is 34.1 Å². The van der Waals surface area contributed by atoms with Crippen molar-refractivity contribution in [2.45, 2.75) is 40.2 Å². The highest BCUT2D eigenvalue weighted by molar-refractivity contribution is 4.89. The first-order chi connectivity index (χ1) is 9.49. The van der Waals surface area contributed by atoms with E-state index in [1.54, 1.807) is 7.11 Å². The SMILES string of the molecule is COCCN(CC1(CNCC(C)C)CCOC1)C(C)C. The first kappa shape index (κ1) is 17.9. The quantitative estimate of drug-likeness (QED) is 0.666. The third-order valence-corrected chi connectivity index (χ3v) is 4.09. The summed E-state index contributed by atoms with van der Waals surface area (Å²) in [5.74, 6) is 0.698. The van der Waals surface area contributed by atoms with Crippen molar-refractivity contribution in [2.24, 2.45) is 11.3 Å². The highest BCUT2D eigenvalue weighted by Crippen LogP contribution is 2.29.